The van der Waals surface area contributed by atoms with Crippen molar-refractivity contribution in [1.82, 2.24) is 13.5 Å². The summed E-state index contributed by atoms with van der Waals surface area (Å²) in [4.78, 5) is 14.1. The van der Waals surface area contributed by atoms with Gasteiger partial charge < -0.3 is 4.90 Å². The van der Waals surface area contributed by atoms with Gasteiger partial charge in [-0.05, 0) is 49.4 Å². The van der Waals surface area contributed by atoms with Crippen LogP contribution in [0.3, 0.4) is 0 Å². The second-order valence-corrected chi connectivity index (χ2v) is 8.99. The molecule has 6 nitrogen and oxygen atoms in total. The van der Waals surface area contributed by atoms with E-state index in [4.69, 9.17) is 0 Å². The van der Waals surface area contributed by atoms with Gasteiger partial charge >= 0.3 is 0 Å². The van der Waals surface area contributed by atoms with Crippen LogP contribution in [0.15, 0.2) is 24.3 Å². The van der Waals surface area contributed by atoms with Crippen LogP contribution in [0.1, 0.15) is 29.6 Å². The summed E-state index contributed by atoms with van der Waals surface area (Å²) in [5.41, 5.74) is 0.426. The zero-order valence-electron chi connectivity index (χ0n) is 14.0. The highest BCUT2D eigenvalue weighted by Gasteiger charge is 2.46. The Balaban J connectivity index is 1.39. The molecule has 2 atom stereocenters. The van der Waals surface area contributed by atoms with Crippen molar-refractivity contribution in [2.75, 3.05) is 32.7 Å². The summed E-state index contributed by atoms with van der Waals surface area (Å²) in [5.74, 6) is -0.0502. The molecule has 8 heteroatoms. The molecule has 2 unspecified atom stereocenters. The van der Waals surface area contributed by atoms with Gasteiger partial charge in [0.05, 0.1) is 0 Å². The summed E-state index contributed by atoms with van der Waals surface area (Å²) in [6, 6.07) is 5.60. The largest absolute Gasteiger partial charge is 0.336 e. The van der Waals surface area contributed by atoms with Crippen LogP contribution in [0.2, 0.25) is 0 Å². The molecule has 1 aliphatic carbocycles. The fraction of sp³-hybridized carbons (Fsp3) is 0.588. The van der Waals surface area contributed by atoms with Crippen molar-refractivity contribution in [3.8, 4) is 0 Å². The lowest BCUT2D eigenvalue weighted by Gasteiger charge is -2.37. The van der Waals surface area contributed by atoms with E-state index in [0.29, 0.717) is 44.2 Å². The maximum absolute atomic E-state index is 13.0. The molecule has 2 saturated heterocycles. The van der Waals surface area contributed by atoms with E-state index < -0.39 is 10.2 Å². The first kappa shape index (κ1) is 16.9. The van der Waals surface area contributed by atoms with Crippen molar-refractivity contribution in [1.29, 1.82) is 0 Å². The van der Waals surface area contributed by atoms with Gasteiger partial charge in [-0.2, -0.15) is 17.0 Å². The molecule has 3 fully saturated rings. The number of hydrogen-bond donors (Lipinski definition) is 0. The van der Waals surface area contributed by atoms with Crippen LogP contribution in [-0.2, 0) is 10.2 Å². The average molecular weight is 367 g/mol. The fourth-order valence-electron chi connectivity index (χ4n) is 4.21. The van der Waals surface area contributed by atoms with E-state index in [0.717, 1.165) is 19.3 Å². The molecule has 0 N–H and O–H groups in total. The number of halogens is 1. The second kappa shape index (κ2) is 6.34. The normalized spacial score (nSPS) is 27.8. The lowest BCUT2D eigenvalue weighted by atomic mass is 10.1. The van der Waals surface area contributed by atoms with E-state index in [1.54, 1.807) is 9.21 Å². The highest BCUT2D eigenvalue weighted by molar-refractivity contribution is 7.86. The highest BCUT2D eigenvalue weighted by atomic mass is 32.2. The fourth-order valence-corrected chi connectivity index (χ4v) is 6.10. The van der Waals surface area contributed by atoms with Crippen LogP contribution in [-0.4, -0.2) is 66.6 Å². The van der Waals surface area contributed by atoms with Crippen molar-refractivity contribution >= 4 is 16.1 Å². The van der Waals surface area contributed by atoms with E-state index in [2.05, 4.69) is 0 Å². The van der Waals surface area contributed by atoms with Gasteiger partial charge in [0.1, 0.15) is 5.82 Å². The smallest absolute Gasteiger partial charge is 0.282 e. The third-order valence-corrected chi connectivity index (χ3v) is 7.66. The molecule has 2 heterocycles. The maximum atomic E-state index is 13.0. The summed E-state index contributed by atoms with van der Waals surface area (Å²) in [6.07, 6.45) is 3.09. The summed E-state index contributed by atoms with van der Waals surface area (Å²) in [7, 11) is -3.43. The molecule has 25 heavy (non-hydrogen) atoms. The molecule has 3 aliphatic rings. The molecular formula is C17H22FN3O3S. The number of hydrogen-bond acceptors (Lipinski definition) is 3. The van der Waals surface area contributed by atoms with Crippen LogP contribution >= 0.6 is 0 Å². The Bertz CT molecular complexity index is 760. The molecule has 0 radical (unpaired) electrons. The van der Waals surface area contributed by atoms with Gasteiger partial charge in [-0.15, -0.1) is 0 Å². The number of amides is 1. The minimum absolute atomic E-state index is 0.161. The van der Waals surface area contributed by atoms with Crippen LogP contribution < -0.4 is 0 Å². The van der Waals surface area contributed by atoms with Crippen LogP contribution in [0.4, 0.5) is 4.39 Å². The first-order valence-electron chi connectivity index (χ1n) is 8.77. The van der Waals surface area contributed by atoms with E-state index in [1.807, 2.05) is 0 Å². The average Bonchev–Trinajstić information content (AvgIpc) is 3.25. The van der Waals surface area contributed by atoms with Gasteiger partial charge in [0.15, 0.2) is 0 Å². The molecule has 4 rings (SSSR count). The molecule has 0 spiro atoms. The molecule has 136 valence electrons. The minimum Gasteiger partial charge on any atom is -0.336 e. The molecule has 1 amide bonds. The van der Waals surface area contributed by atoms with Gasteiger partial charge in [-0.3, -0.25) is 4.79 Å². The van der Waals surface area contributed by atoms with Crippen molar-refractivity contribution in [3.63, 3.8) is 0 Å². The zero-order valence-corrected chi connectivity index (χ0v) is 14.8. The minimum atomic E-state index is -3.43. The van der Waals surface area contributed by atoms with Crippen molar-refractivity contribution in [2.24, 2.45) is 5.92 Å². The summed E-state index contributed by atoms with van der Waals surface area (Å²) < 4.78 is 41.9. The van der Waals surface area contributed by atoms with E-state index >= 15 is 0 Å². The number of rotatable bonds is 3. The van der Waals surface area contributed by atoms with Gasteiger partial charge in [0.25, 0.3) is 16.1 Å². The number of fused-ring (bicyclic) bond motifs is 2. The Hall–Kier alpha value is -1.51. The summed E-state index contributed by atoms with van der Waals surface area (Å²) in [5, 5.41) is 0. The maximum Gasteiger partial charge on any atom is 0.282 e. The summed E-state index contributed by atoms with van der Waals surface area (Å²) >= 11 is 0. The predicted octanol–water partition coefficient (Wildman–Crippen LogP) is 1.31. The number of piperazine rings is 1. The van der Waals surface area contributed by atoms with Gasteiger partial charge in [-0.1, -0.05) is 0 Å². The Morgan fingerprint density at radius 2 is 1.72 bits per heavy atom. The van der Waals surface area contributed by atoms with Crippen molar-refractivity contribution < 1.29 is 17.6 Å². The third kappa shape index (κ3) is 3.07. The Morgan fingerprint density at radius 3 is 2.28 bits per heavy atom. The van der Waals surface area contributed by atoms with Crippen molar-refractivity contribution in [3.05, 3.63) is 35.6 Å². The number of piperidine rings is 1. The lowest BCUT2D eigenvalue weighted by Crippen LogP contribution is -2.55. The topological polar surface area (TPSA) is 60.9 Å². The van der Waals surface area contributed by atoms with E-state index in [1.165, 1.54) is 28.6 Å². The first-order chi connectivity index (χ1) is 11.9. The highest BCUT2D eigenvalue weighted by Crippen LogP contribution is 2.39. The van der Waals surface area contributed by atoms with E-state index in [-0.39, 0.29) is 17.8 Å². The lowest BCUT2D eigenvalue weighted by molar-refractivity contribution is 0.0693. The predicted molar refractivity (Wildman–Crippen MR) is 90.6 cm³/mol. The van der Waals surface area contributed by atoms with Gasteiger partial charge in [0.2, 0.25) is 0 Å². The van der Waals surface area contributed by atoms with Gasteiger partial charge in [-0.25, -0.2) is 4.39 Å². The van der Waals surface area contributed by atoms with Crippen molar-refractivity contribution in [2.45, 2.75) is 25.3 Å². The Morgan fingerprint density at radius 1 is 1.04 bits per heavy atom. The monoisotopic (exact) mass is 367 g/mol. The third-order valence-electron chi connectivity index (χ3n) is 5.60. The molecule has 2 bridgehead atoms. The van der Waals surface area contributed by atoms with Crippen LogP contribution in [0, 0.1) is 11.7 Å². The second-order valence-electron chi connectivity index (χ2n) is 7.11. The molecule has 2 aliphatic heterocycles. The summed E-state index contributed by atoms with van der Waals surface area (Å²) in [6.45, 7) is 1.97. The molecule has 0 aromatic heterocycles. The van der Waals surface area contributed by atoms with Gasteiger partial charge in [0, 0.05) is 44.3 Å². The number of carbonyl (C=O) groups excluding carboxylic acids is 1. The quantitative estimate of drug-likeness (QED) is 0.809. The zero-order chi connectivity index (χ0) is 17.6. The number of benzene rings is 1. The Kier molecular flexibility index (Phi) is 4.29. The molecule has 1 aromatic carbocycles. The van der Waals surface area contributed by atoms with E-state index in [9.17, 15) is 17.6 Å². The Labute approximate surface area is 147 Å². The number of nitrogens with zero attached hydrogens (tertiary/aromatic N) is 3. The molecule has 1 saturated carbocycles. The van der Waals surface area contributed by atoms with Crippen LogP contribution in [0.25, 0.3) is 0 Å². The molecule has 1 aromatic rings. The molecular weight excluding hydrogens is 345 g/mol. The SMILES string of the molecule is O=C(c1ccc(F)cc1)N1CCN(S(=O)(=O)N2CC3CCC2C3)CC1. The van der Waals surface area contributed by atoms with Crippen LogP contribution in [0.5, 0.6) is 0 Å². The first-order valence-corrected chi connectivity index (χ1v) is 10.2. The standard InChI is InChI=1S/C17H22FN3O3S/c18-15-4-2-14(3-5-15)17(22)19-7-9-20(10-8-19)25(23,24)21-12-13-1-6-16(21)11-13/h2-5,13,16H,1,6-12H2. The number of carbonyl (C=O) groups is 1.